The summed E-state index contributed by atoms with van der Waals surface area (Å²) in [5, 5.41) is 2.62. The van der Waals surface area contributed by atoms with Gasteiger partial charge in [0.2, 0.25) is 5.91 Å². The molecule has 6 heteroatoms. The van der Waals surface area contributed by atoms with E-state index in [0.29, 0.717) is 11.3 Å². The van der Waals surface area contributed by atoms with Crippen LogP contribution in [0.25, 0.3) is 6.08 Å². The van der Waals surface area contributed by atoms with Crippen LogP contribution in [0.2, 0.25) is 0 Å². The molecule has 2 aromatic rings. The fraction of sp³-hybridized carbons (Fsp3) is 0.167. The Bertz CT molecular complexity index is 722. The van der Waals surface area contributed by atoms with E-state index < -0.39 is 11.7 Å². The lowest BCUT2D eigenvalue weighted by molar-refractivity contribution is -0.137. The summed E-state index contributed by atoms with van der Waals surface area (Å²) >= 11 is 0. The first-order chi connectivity index (χ1) is 11.4. The summed E-state index contributed by atoms with van der Waals surface area (Å²) in [6.45, 7) is 0.152. The van der Waals surface area contributed by atoms with Crippen LogP contribution in [0.3, 0.4) is 0 Å². The summed E-state index contributed by atoms with van der Waals surface area (Å²) in [6, 6.07) is 11.9. The number of carbonyl (C=O) groups excluding carboxylic acids is 1. The van der Waals surface area contributed by atoms with Gasteiger partial charge in [-0.1, -0.05) is 24.3 Å². The molecule has 126 valence electrons. The molecule has 0 fully saturated rings. The van der Waals surface area contributed by atoms with Crippen LogP contribution < -0.4 is 10.1 Å². The molecule has 0 unspecified atom stereocenters. The molecule has 0 saturated heterocycles. The number of amides is 1. The summed E-state index contributed by atoms with van der Waals surface area (Å²) in [5.41, 5.74) is 0.681. The highest BCUT2D eigenvalue weighted by molar-refractivity contribution is 5.91. The number of halogens is 3. The van der Waals surface area contributed by atoms with Gasteiger partial charge in [0.05, 0.1) is 12.7 Å². The third-order valence-corrected chi connectivity index (χ3v) is 3.27. The zero-order valence-electron chi connectivity index (χ0n) is 12.9. The highest BCUT2D eigenvalue weighted by Gasteiger charge is 2.29. The third kappa shape index (κ3) is 5.15. The molecule has 0 aliphatic rings. The van der Waals surface area contributed by atoms with Gasteiger partial charge < -0.3 is 10.1 Å². The summed E-state index contributed by atoms with van der Waals surface area (Å²) in [4.78, 5) is 11.8. The lowest BCUT2D eigenvalue weighted by Crippen LogP contribution is -2.20. The fourth-order valence-electron chi connectivity index (χ4n) is 1.98. The Morgan fingerprint density at radius 3 is 2.50 bits per heavy atom. The summed E-state index contributed by atoms with van der Waals surface area (Å²) in [6.07, 6.45) is -1.37. The van der Waals surface area contributed by atoms with E-state index in [1.807, 2.05) is 6.07 Å². The van der Waals surface area contributed by atoms with Gasteiger partial charge in [-0.25, -0.2) is 0 Å². The van der Waals surface area contributed by atoms with Gasteiger partial charge in [-0.3, -0.25) is 4.79 Å². The molecule has 24 heavy (non-hydrogen) atoms. The Labute approximate surface area is 137 Å². The van der Waals surface area contributed by atoms with Crippen LogP contribution in [-0.4, -0.2) is 13.0 Å². The minimum atomic E-state index is -4.36. The predicted molar refractivity (Wildman–Crippen MR) is 85.3 cm³/mol. The molecular weight excluding hydrogens is 319 g/mol. The van der Waals surface area contributed by atoms with Crippen molar-refractivity contribution in [1.82, 2.24) is 5.32 Å². The predicted octanol–water partition coefficient (Wildman–Crippen LogP) is 4.04. The molecule has 0 saturated carbocycles. The van der Waals surface area contributed by atoms with Crippen LogP contribution in [0.15, 0.2) is 54.6 Å². The maximum Gasteiger partial charge on any atom is 0.416 e. The Hall–Kier alpha value is -2.76. The van der Waals surface area contributed by atoms with E-state index in [1.165, 1.54) is 18.2 Å². The van der Waals surface area contributed by atoms with Gasteiger partial charge in [-0.15, -0.1) is 0 Å². The van der Waals surface area contributed by atoms with Crippen molar-refractivity contribution in [2.75, 3.05) is 7.11 Å². The van der Waals surface area contributed by atoms with E-state index in [4.69, 9.17) is 4.74 Å². The van der Waals surface area contributed by atoms with Crippen molar-refractivity contribution in [3.63, 3.8) is 0 Å². The van der Waals surface area contributed by atoms with Gasteiger partial charge >= 0.3 is 6.18 Å². The standard InChI is InChI=1S/C18H16F3NO2/c1-24-16-4-2-3-13(11-16)7-10-17(23)22-12-14-5-8-15(9-6-14)18(19,20)21/h2-11H,12H2,1H3,(H,22,23)/b10-7+. The van der Waals surface area contributed by atoms with Gasteiger partial charge in [0.1, 0.15) is 5.75 Å². The third-order valence-electron chi connectivity index (χ3n) is 3.27. The summed E-state index contributed by atoms with van der Waals surface area (Å²) in [7, 11) is 1.56. The Morgan fingerprint density at radius 1 is 1.17 bits per heavy atom. The van der Waals surface area contributed by atoms with Crippen LogP contribution in [0.5, 0.6) is 5.75 Å². The van der Waals surface area contributed by atoms with Crippen molar-refractivity contribution in [3.8, 4) is 5.75 Å². The summed E-state index contributed by atoms with van der Waals surface area (Å²) < 4.78 is 42.5. The molecule has 0 radical (unpaired) electrons. The summed E-state index contributed by atoms with van der Waals surface area (Å²) in [5.74, 6) is 0.347. The molecule has 1 amide bonds. The van der Waals surface area contributed by atoms with Crippen molar-refractivity contribution >= 4 is 12.0 Å². The normalized spacial score (nSPS) is 11.5. The van der Waals surface area contributed by atoms with Crippen molar-refractivity contribution in [3.05, 3.63) is 71.3 Å². The number of hydrogen-bond donors (Lipinski definition) is 1. The number of carbonyl (C=O) groups is 1. The number of benzene rings is 2. The Morgan fingerprint density at radius 2 is 1.88 bits per heavy atom. The van der Waals surface area contributed by atoms with E-state index >= 15 is 0 Å². The number of nitrogens with one attached hydrogen (secondary N) is 1. The Balaban J connectivity index is 1.89. The average Bonchev–Trinajstić information content (AvgIpc) is 2.58. The number of alkyl halides is 3. The first-order valence-electron chi connectivity index (χ1n) is 7.14. The van der Waals surface area contributed by atoms with Gasteiger partial charge in [-0.05, 0) is 41.5 Å². The number of hydrogen-bond acceptors (Lipinski definition) is 2. The van der Waals surface area contributed by atoms with Gasteiger partial charge in [-0.2, -0.15) is 13.2 Å². The minimum Gasteiger partial charge on any atom is -0.497 e. The van der Waals surface area contributed by atoms with Crippen LogP contribution in [0.4, 0.5) is 13.2 Å². The Kier molecular flexibility index (Phi) is 5.63. The molecule has 1 N–H and O–H groups in total. The van der Waals surface area contributed by atoms with Crippen LogP contribution in [-0.2, 0) is 17.5 Å². The molecule has 2 rings (SSSR count). The van der Waals surface area contributed by atoms with Crippen LogP contribution in [0, 0.1) is 0 Å². The molecule has 0 heterocycles. The van der Waals surface area contributed by atoms with E-state index in [-0.39, 0.29) is 12.5 Å². The van der Waals surface area contributed by atoms with E-state index in [9.17, 15) is 18.0 Å². The maximum absolute atomic E-state index is 12.5. The van der Waals surface area contributed by atoms with Crippen molar-refractivity contribution < 1.29 is 22.7 Å². The quantitative estimate of drug-likeness (QED) is 0.838. The first kappa shape index (κ1) is 17.6. The van der Waals surface area contributed by atoms with Crippen molar-refractivity contribution in [2.24, 2.45) is 0 Å². The lowest BCUT2D eigenvalue weighted by atomic mass is 10.1. The van der Waals surface area contributed by atoms with Gasteiger partial charge in [0.15, 0.2) is 0 Å². The van der Waals surface area contributed by atoms with Gasteiger partial charge in [0, 0.05) is 12.6 Å². The SMILES string of the molecule is COc1cccc(/C=C/C(=O)NCc2ccc(C(F)(F)F)cc2)c1. The van der Waals surface area contributed by atoms with Gasteiger partial charge in [0.25, 0.3) is 0 Å². The highest BCUT2D eigenvalue weighted by atomic mass is 19.4. The lowest BCUT2D eigenvalue weighted by Gasteiger charge is -2.08. The van der Waals surface area contributed by atoms with Crippen molar-refractivity contribution in [1.29, 1.82) is 0 Å². The zero-order chi connectivity index (χ0) is 17.6. The second-order valence-electron chi connectivity index (χ2n) is 5.02. The smallest absolute Gasteiger partial charge is 0.416 e. The molecular formula is C18H16F3NO2. The zero-order valence-corrected chi connectivity index (χ0v) is 12.9. The minimum absolute atomic E-state index is 0.152. The van der Waals surface area contributed by atoms with E-state index in [1.54, 1.807) is 31.4 Å². The van der Waals surface area contributed by atoms with Crippen LogP contribution in [0.1, 0.15) is 16.7 Å². The fourth-order valence-corrected chi connectivity index (χ4v) is 1.98. The number of rotatable bonds is 5. The van der Waals surface area contributed by atoms with E-state index in [2.05, 4.69) is 5.32 Å². The second-order valence-corrected chi connectivity index (χ2v) is 5.02. The molecule has 0 atom stereocenters. The first-order valence-corrected chi connectivity index (χ1v) is 7.14. The molecule has 3 nitrogen and oxygen atoms in total. The topological polar surface area (TPSA) is 38.3 Å². The number of methoxy groups -OCH3 is 1. The average molecular weight is 335 g/mol. The van der Waals surface area contributed by atoms with Crippen molar-refractivity contribution in [2.45, 2.75) is 12.7 Å². The maximum atomic E-state index is 12.5. The second kappa shape index (κ2) is 7.68. The highest BCUT2D eigenvalue weighted by Crippen LogP contribution is 2.29. The van der Waals surface area contributed by atoms with E-state index in [0.717, 1.165) is 17.7 Å². The molecule has 0 aliphatic carbocycles. The molecule has 2 aromatic carbocycles. The molecule has 0 aliphatic heterocycles. The molecule has 0 spiro atoms. The largest absolute Gasteiger partial charge is 0.497 e. The number of ether oxygens (including phenoxy) is 1. The van der Waals surface area contributed by atoms with Crippen LogP contribution >= 0.6 is 0 Å². The monoisotopic (exact) mass is 335 g/mol. The molecule has 0 aromatic heterocycles. The molecule has 0 bridgehead atoms.